The molecule has 0 saturated carbocycles. The minimum atomic E-state index is 0.532. The van der Waals surface area contributed by atoms with Gasteiger partial charge in [-0.2, -0.15) is 5.26 Å². The molecule has 0 spiro atoms. The van der Waals surface area contributed by atoms with Crippen LogP contribution in [-0.2, 0) is 6.54 Å². The van der Waals surface area contributed by atoms with Crippen molar-refractivity contribution in [2.24, 2.45) is 0 Å². The van der Waals surface area contributed by atoms with Gasteiger partial charge in [0.05, 0.1) is 19.3 Å². The average Bonchev–Trinajstić information content (AvgIpc) is 2.59. The van der Waals surface area contributed by atoms with Gasteiger partial charge in [-0.25, -0.2) is 0 Å². The first-order chi connectivity index (χ1) is 8.40. The first-order valence-corrected chi connectivity index (χ1v) is 5.86. The van der Waals surface area contributed by atoms with Crippen molar-refractivity contribution in [3.8, 4) is 17.6 Å². The summed E-state index contributed by atoms with van der Waals surface area (Å²) in [4.78, 5) is 0. The number of benzene rings is 1. The molecule has 0 fully saturated rings. The van der Waals surface area contributed by atoms with Crippen LogP contribution in [0.5, 0.6) is 11.5 Å². The zero-order valence-electron chi connectivity index (χ0n) is 9.74. The van der Waals surface area contributed by atoms with E-state index in [-0.39, 0.29) is 0 Å². The molecule has 0 aromatic heterocycles. The molecule has 1 heterocycles. The van der Waals surface area contributed by atoms with E-state index in [1.165, 1.54) is 0 Å². The summed E-state index contributed by atoms with van der Waals surface area (Å²) >= 11 is 0. The molecule has 0 atom stereocenters. The zero-order valence-corrected chi connectivity index (χ0v) is 9.74. The normalized spacial score (nSPS) is 13.8. The van der Waals surface area contributed by atoms with Crippen molar-refractivity contribution in [1.82, 2.24) is 5.32 Å². The highest BCUT2D eigenvalue weighted by Gasteiger charge is 2.10. The van der Waals surface area contributed by atoms with Crippen LogP contribution < -0.4 is 14.8 Å². The summed E-state index contributed by atoms with van der Waals surface area (Å²) in [5.74, 6) is 1.64. The fourth-order valence-corrected chi connectivity index (χ4v) is 1.69. The zero-order chi connectivity index (χ0) is 11.9. The molecule has 0 bridgehead atoms. The van der Waals surface area contributed by atoms with Gasteiger partial charge in [0.1, 0.15) is 0 Å². The fourth-order valence-electron chi connectivity index (χ4n) is 1.69. The number of nitriles is 1. The van der Waals surface area contributed by atoms with Crippen molar-refractivity contribution in [2.45, 2.75) is 19.4 Å². The smallest absolute Gasteiger partial charge is 0.161 e. The van der Waals surface area contributed by atoms with Gasteiger partial charge < -0.3 is 14.8 Å². The molecule has 0 amide bonds. The predicted molar refractivity (Wildman–Crippen MR) is 64.0 cm³/mol. The Morgan fingerprint density at radius 2 is 2.06 bits per heavy atom. The molecule has 1 aliphatic heterocycles. The largest absolute Gasteiger partial charge is 0.490 e. The highest BCUT2D eigenvalue weighted by molar-refractivity contribution is 5.43. The number of fused-ring (bicyclic) bond motifs is 1. The first kappa shape index (κ1) is 11.7. The van der Waals surface area contributed by atoms with Crippen LogP contribution in [0.25, 0.3) is 0 Å². The van der Waals surface area contributed by atoms with Crippen LogP contribution in [0, 0.1) is 11.3 Å². The van der Waals surface area contributed by atoms with Gasteiger partial charge in [0, 0.05) is 25.9 Å². The lowest BCUT2D eigenvalue weighted by molar-refractivity contribution is 0.297. The quantitative estimate of drug-likeness (QED) is 0.805. The maximum absolute atomic E-state index is 8.43. The van der Waals surface area contributed by atoms with E-state index in [9.17, 15) is 0 Å². The second-order valence-electron chi connectivity index (χ2n) is 3.92. The first-order valence-electron chi connectivity index (χ1n) is 5.86. The molecule has 17 heavy (non-hydrogen) atoms. The van der Waals surface area contributed by atoms with Crippen molar-refractivity contribution < 1.29 is 9.47 Å². The summed E-state index contributed by atoms with van der Waals surface area (Å²) in [6.45, 7) is 2.88. The van der Waals surface area contributed by atoms with Gasteiger partial charge in [0.2, 0.25) is 0 Å². The van der Waals surface area contributed by atoms with Gasteiger partial charge in [0.25, 0.3) is 0 Å². The van der Waals surface area contributed by atoms with Gasteiger partial charge in [-0.15, -0.1) is 0 Å². The van der Waals surface area contributed by atoms with E-state index >= 15 is 0 Å². The van der Waals surface area contributed by atoms with Crippen molar-refractivity contribution in [1.29, 1.82) is 5.26 Å². The maximum atomic E-state index is 8.43. The van der Waals surface area contributed by atoms with Gasteiger partial charge >= 0.3 is 0 Å². The standard InChI is InChI=1S/C13H16N2O2/c14-5-1-6-15-10-11-3-4-12-13(9-11)17-8-2-7-16-12/h3-4,9,15H,1-2,6-8,10H2. The van der Waals surface area contributed by atoms with E-state index in [2.05, 4.69) is 11.4 Å². The predicted octanol–water partition coefficient (Wildman–Crippen LogP) is 1.85. The molecule has 1 N–H and O–H groups in total. The molecule has 2 rings (SSSR count). The average molecular weight is 232 g/mol. The Kier molecular flexibility index (Phi) is 4.23. The van der Waals surface area contributed by atoms with E-state index in [0.717, 1.165) is 30.0 Å². The second-order valence-corrected chi connectivity index (χ2v) is 3.92. The van der Waals surface area contributed by atoms with Crippen LogP contribution in [0.4, 0.5) is 0 Å². The van der Waals surface area contributed by atoms with Crippen LogP contribution in [0.15, 0.2) is 18.2 Å². The van der Waals surface area contributed by atoms with Gasteiger partial charge in [-0.1, -0.05) is 6.07 Å². The maximum Gasteiger partial charge on any atom is 0.161 e. The van der Waals surface area contributed by atoms with Crippen molar-refractivity contribution in [3.63, 3.8) is 0 Å². The van der Waals surface area contributed by atoms with E-state index in [4.69, 9.17) is 14.7 Å². The molecule has 0 aliphatic carbocycles. The van der Waals surface area contributed by atoms with Crippen LogP contribution in [0.3, 0.4) is 0 Å². The molecule has 90 valence electrons. The third kappa shape index (κ3) is 3.36. The summed E-state index contributed by atoms with van der Waals surface area (Å²) in [7, 11) is 0. The van der Waals surface area contributed by atoms with Crippen LogP contribution in [-0.4, -0.2) is 19.8 Å². The minimum absolute atomic E-state index is 0.532. The Morgan fingerprint density at radius 3 is 2.88 bits per heavy atom. The third-order valence-corrected chi connectivity index (χ3v) is 2.55. The molecule has 0 radical (unpaired) electrons. The Balaban J connectivity index is 1.95. The van der Waals surface area contributed by atoms with Gasteiger partial charge in [0.15, 0.2) is 11.5 Å². The van der Waals surface area contributed by atoms with Gasteiger partial charge in [-0.05, 0) is 17.7 Å². The number of rotatable bonds is 4. The minimum Gasteiger partial charge on any atom is -0.490 e. The number of nitrogens with one attached hydrogen (secondary N) is 1. The van der Waals surface area contributed by atoms with E-state index in [1.807, 2.05) is 18.2 Å². The van der Waals surface area contributed by atoms with Gasteiger partial charge in [-0.3, -0.25) is 0 Å². The lowest BCUT2D eigenvalue weighted by Crippen LogP contribution is -2.14. The lowest BCUT2D eigenvalue weighted by Gasteiger charge is -2.09. The molecular weight excluding hydrogens is 216 g/mol. The number of ether oxygens (including phenoxy) is 2. The summed E-state index contributed by atoms with van der Waals surface area (Å²) in [5.41, 5.74) is 1.15. The highest BCUT2D eigenvalue weighted by atomic mass is 16.5. The SMILES string of the molecule is N#CCCNCc1ccc2c(c1)OCCCO2. The second kappa shape index (κ2) is 6.12. The number of nitrogens with zero attached hydrogens (tertiary/aromatic N) is 1. The Bertz CT molecular complexity index is 412. The van der Waals surface area contributed by atoms with Crippen molar-refractivity contribution in [3.05, 3.63) is 23.8 Å². The molecule has 0 saturated heterocycles. The lowest BCUT2D eigenvalue weighted by atomic mass is 10.2. The molecule has 1 aromatic carbocycles. The molecular formula is C13H16N2O2. The van der Waals surface area contributed by atoms with E-state index in [0.29, 0.717) is 26.2 Å². The van der Waals surface area contributed by atoms with Crippen molar-refractivity contribution >= 4 is 0 Å². The third-order valence-electron chi connectivity index (χ3n) is 2.55. The summed E-state index contributed by atoms with van der Waals surface area (Å²) in [5, 5.41) is 11.6. The topological polar surface area (TPSA) is 54.3 Å². The fraction of sp³-hybridized carbons (Fsp3) is 0.462. The molecule has 4 heteroatoms. The molecule has 4 nitrogen and oxygen atoms in total. The number of hydrogen-bond donors (Lipinski definition) is 1. The van der Waals surface area contributed by atoms with Crippen LogP contribution in [0.2, 0.25) is 0 Å². The Labute approximate surface area is 101 Å². The summed E-state index contributed by atoms with van der Waals surface area (Å²) in [6.07, 6.45) is 1.45. The molecule has 0 unspecified atom stereocenters. The highest BCUT2D eigenvalue weighted by Crippen LogP contribution is 2.30. The van der Waals surface area contributed by atoms with E-state index in [1.54, 1.807) is 0 Å². The van der Waals surface area contributed by atoms with Crippen molar-refractivity contribution in [2.75, 3.05) is 19.8 Å². The molecule has 1 aliphatic rings. The summed E-state index contributed by atoms with van der Waals surface area (Å²) < 4.78 is 11.2. The summed E-state index contributed by atoms with van der Waals surface area (Å²) in [6, 6.07) is 8.07. The van der Waals surface area contributed by atoms with E-state index < -0.39 is 0 Å². The number of hydrogen-bond acceptors (Lipinski definition) is 4. The van der Waals surface area contributed by atoms with Crippen LogP contribution >= 0.6 is 0 Å². The molecule has 1 aromatic rings. The Hall–Kier alpha value is -1.73. The monoisotopic (exact) mass is 232 g/mol. The Morgan fingerprint density at radius 1 is 1.24 bits per heavy atom. The van der Waals surface area contributed by atoms with Crippen LogP contribution in [0.1, 0.15) is 18.4 Å².